The number of nitrogens with one attached hydrogen (secondary N) is 1. The van der Waals surface area contributed by atoms with E-state index in [2.05, 4.69) is 4.72 Å². The van der Waals surface area contributed by atoms with Gasteiger partial charge in [-0.05, 0) is 48.6 Å². The molecule has 30 heavy (non-hydrogen) atoms. The van der Waals surface area contributed by atoms with Crippen molar-refractivity contribution in [3.05, 3.63) is 59.7 Å². The van der Waals surface area contributed by atoms with Gasteiger partial charge < -0.3 is 9.64 Å². The number of nitrogens with zero attached hydrogens (tertiary/aromatic N) is 1. The van der Waals surface area contributed by atoms with Crippen molar-refractivity contribution in [3.63, 3.8) is 0 Å². The zero-order valence-electron chi connectivity index (χ0n) is 16.8. The van der Waals surface area contributed by atoms with E-state index in [4.69, 9.17) is 4.74 Å². The van der Waals surface area contributed by atoms with Crippen molar-refractivity contribution in [1.29, 1.82) is 0 Å². The number of hydrogen-bond acceptors (Lipinski definition) is 4. The second-order valence-electron chi connectivity index (χ2n) is 7.40. The van der Waals surface area contributed by atoms with E-state index in [0.717, 1.165) is 30.0 Å². The molecule has 0 saturated carbocycles. The molecule has 1 heterocycles. The number of carbonyl (C=O) groups is 1. The Morgan fingerprint density at radius 1 is 1.23 bits per heavy atom. The monoisotopic (exact) mass is 438 g/mol. The number of ether oxygens (including phenoxy) is 1. The van der Waals surface area contributed by atoms with E-state index in [9.17, 15) is 22.0 Å². The molecule has 1 aliphatic rings. The molecule has 0 radical (unpaired) electrons. The first-order chi connectivity index (χ1) is 14.2. The molecule has 3 rings (SSSR count). The summed E-state index contributed by atoms with van der Waals surface area (Å²) in [5.41, 5.74) is 1.39. The van der Waals surface area contributed by atoms with Gasteiger partial charge in [-0.25, -0.2) is 26.7 Å². The summed E-state index contributed by atoms with van der Waals surface area (Å²) in [6.45, 7) is 0.442. The van der Waals surface area contributed by atoms with Crippen LogP contribution in [0.4, 0.5) is 13.6 Å². The quantitative estimate of drug-likeness (QED) is 0.777. The predicted molar refractivity (Wildman–Crippen MR) is 109 cm³/mol. The number of rotatable bonds is 5. The number of piperidine rings is 1. The van der Waals surface area contributed by atoms with Crippen LogP contribution in [-0.2, 0) is 21.2 Å². The zero-order valence-corrected chi connectivity index (χ0v) is 17.6. The van der Waals surface area contributed by atoms with Crippen LogP contribution in [-0.4, -0.2) is 51.4 Å². The van der Waals surface area contributed by atoms with Crippen molar-refractivity contribution in [2.24, 2.45) is 0 Å². The summed E-state index contributed by atoms with van der Waals surface area (Å²) in [6, 6.07) is 9.22. The summed E-state index contributed by atoms with van der Waals surface area (Å²) in [5, 5.41) is 0. The molecule has 6 nitrogen and oxygen atoms in total. The molecular weight excluding hydrogens is 414 g/mol. The van der Waals surface area contributed by atoms with Crippen LogP contribution >= 0.6 is 0 Å². The van der Waals surface area contributed by atoms with Gasteiger partial charge >= 0.3 is 6.09 Å². The number of likely N-dealkylation sites (tertiary alicyclic amines) is 1. The third kappa shape index (κ3) is 5.34. The predicted octanol–water partition coefficient (Wildman–Crippen LogP) is 3.32. The van der Waals surface area contributed by atoms with Crippen molar-refractivity contribution in [1.82, 2.24) is 9.62 Å². The Bertz CT molecular complexity index is 1030. The average molecular weight is 438 g/mol. The van der Waals surface area contributed by atoms with Crippen LogP contribution in [0, 0.1) is 11.6 Å². The van der Waals surface area contributed by atoms with Crippen molar-refractivity contribution in [2.75, 3.05) is 19.9 Å². The Hall–Kier alpha value is -2.52. The number of amides is 1. The van der Waals surface area contributed by atoms with Gasteiger partial charge in [-0.1, -0.05) is 24.3 Å². The minimum Gasteiger partial charge on any atom is -0.453 e. The molecule has 9 heteroatoms. The third-order valence-electron chi connectivity index (χ3n) is 5.16. The van der Waals surface area contributed by atoms with E-state index >= 15 is 0 Å². The van der Waals surface area contributed by atoms with Gasteiger partial charge in [0.25, 0.3) is 0 Å². The van der Waals surface area contributed by atoms with E-state index in [1.165, 1.54) is 12.0 Å². The Morgan fingerprint density at radius 3 is 2.70 bits per heavy atom. The molecule has 0 aliphatic carbocycles. The van der Waals surface area contributed by atoms with Gasteiger partial charge in [0.1, 0.15) is 11.6 Å². The molecule has 2 aromatic rings. The van der Waals surface area contributed by atoms with Gasteiger partial charge in [-0.3, -0.25) is 0 Å². The van der Waals surface area contributed by atoms with E-state index in [1.807, 2.05) is 6.07 Å². The number of hydrogen-bond donors (Lipinski definition) is 1. The Morgan fingerprint density at radius 2 is 2.00 bits per heavy atom. The molecule has 0 unspecified atom stereocenters. The van der Waals surface area contributed by atoms with E-state index in [0.29, 0.717) is 31.4 Å². The molecule has 1 aliphatic heterocycles. The SMILES string of the molecule is COC(=O)N1CCC[C@H](NS(C)(=O)=O)[C@@H]1Cc1cccc(-c2cc(F)ccc2F)c1. The lowest BCUT2D eigenvalue weighted by molar-refractivity contribution is 0.0792. The van der Waals surface area contributed by atoms with Gasteiger partial charge in [0.05, 0.1) is 19.4 Å². The Balaban J connectivity index is 1.93. The molecule has 1 fully saturated rings. The lowest BCUT2D eigenvalue weighted by atomic mass is 9.90. The highest BCUT2D eigenvalue weighted by atomic mass is 32.2. The number of benzene rings is 2. The summed E-state index contributed by atoms with van der Waals surface area (Å²) in [6.07, 6.45) is 2.07. The smallest absolute Gasteiger partial charge is 0.409 e. The fourth-order valence-corrected chi connectivity index (χ4v) is 4.72. The fraction of sp³-hybridized carbons (Fsp3) is 0.381. The highest BCUT2D eigenvalue weighted by molar-refractivity contribution is 7.88. The highest BCUT2D eigenvalue weighted by Gasteiger charge is 2.36. The second kappa shape index (κ2) is 9.09. The molecule has 1 N–H and O–H groups in total. The molecule has 1 amide bonds. The van der Waals surface area contributed by atoms with Crippen LogP contribution in [0.5, 0.6) is 0 Å². The summed E-state index contributed by atoms with van der Waals surface area (Å²) < 4.78 is 58.9. The standard InChI is InChI=1S/C21H24F2N2O4S/c1-29-21(26)25-10-4-7-19(24-30(2,27)28)20(25)12-14-5-3-6-15(11-14)17-13-16(22)8-9-18(17)23/h3,5-6,8-9,11,13,19-20,24H,4,7,10,12H2,1-2H3/t19-,20-/m0/s1. The summed E-state index contributed by atoms with van der Waals surface area (Å²) in [4.78, 5) is 13.8. The fourth-order valence-electron chi connectivity index (χ4n) is 3.89. The summed E-state index contributed by atoms with van der Waals surface area (Å²) in [5.74, 6) is -1.09. The van der Waals surface area contributed by atoms with Crippen molar-refractivity contribution < 1.29 is 26.7 Å². The van der Waals surface area contributed by atoms with Crippen molar-refractivity contribution in [3.8, 4) is 11.1 Å². The molecule has 0 aromatic heterocycles. The Kier molecular flexibility index (Phi) is 6.72. The third-order valence-corrected chi connectivity index (χ3v) is 5.90. The van der Waals surface area contributed by atoms with Gasteiger partial charge in [-0.2, -0.15) is 0 Å². The maximum atomic E-state index is 14.2. The molecule has 0 bridgehead atoms. The number of methoxy groups -OCH3 is 1. The first-order valence-corrected chi connectivity index (χ1v) is 11.4. The van der Waals surface area contributed by atoms with Crippen LogP contribution in [0.2, 0.25) is 0 Å². The lowest BCUT2D eigenvalue weighted by Gasteiger charge is -2.40. The van der Waals surface area contributed by atoms with Crippen molar-refractivity contribution >= 4 is 16.1 Å². The maximum absolute atomic E-state index is 14.2. The van der Waals surface area contributed by atoms with E-state index in [-0.39, 0.29) is 5.56 Å². The lowest BCUT2D eigenvalue weighted by Crippen LogP contribution is -2.57. The molecule has 2 atom stereocenters. The maximum Gasteiger partial charge on any atom is 0.409 e. The van der Waals surface area contributed by atoms with Gasteiger partial charge in [0, 0.05) is 18.2 Å². The molecule has 0 spiro atoms. The molecule has 1 saturated heterocycles. The average Bonchev–Trinajstić information content (AvgIpc) is 2.69. The second-order valence-corrected chi connectivity index (χ2v) is 9.18. The molecular formula is C21H24F2N2O4S. The van der Waals surface area contributed by atoms with Crippen LogP contribution in [0.3, 0.4) is 0 Å². The largest absolute Gasteiger partial charge is 0.453 e. The normalized spacial score (nSPS) is 19.5. The van der Waals surface area contributed by atoms with Crippen molar-refractivity contribution in [2.45, 2.75) is 31.3 Å². The highest BCUT2D eigenvalue weighted by Crippen LogP contribution is 2.27. The number of carbonyl (C=O) groups excluding carboxylic acids is 1. The van der Waals surface area contributed by atoms with Crippen LogP contribution in [0.15, 0.2) is 42.5 Å². The number of halogens is 2. The first-order valence-electron chi connectivity index (χ1n) is 9.54. The summed E-state index contributed by atoms with van der Waals surface area (Å²) in [7, 11) is -2.21. The molecule has 2 aromatic carbocycles. The molecule has 162 valence electrons. The van der Waals surface area contributed by atoms with Crippen LogP contribution < -0.4 is 4.72 Å². The van der Waals surface area contributed by atoms with Crippen LogP contribution in [0.25, 0.3) is 11.1 Å². The minimum absolute atomic E-state index is 0.135. The van der Waals surface area contributed by atoms with Gasteiger partial charge in [-0.15, -0.1) is 0 Å². The van der Waals surface area contributed by atoms with Crippen LogP contribution in [0.1, 0.15) is 18.4 Å². The van der Waals surface area contributed by atoms with E-state index < -0.39 is 39.8 Å². The topological polar surface area (TPSA) is 75.7 Å². The van der Waals surface area contributed by atoms with Gasteiger partial charge in [0.15, 0.2) is 0 Å². The summed E-state index contributed by atoms with van der Waals surface area (Å²) >= 11 is 0. The van der Waals surface area contributed by atoms with Gasteiger partial charge in [0.2, 0.25) is 10.0 Å². The minimum atomic E-state index is -3.49. The van der Waals surface area contributed by atoms with E-state index in [1.54, 1.807) is 18.2 Å². The zero-order chi connectivity index (χ0) is 21.9. The number of sulfonamides is 1. The Labute approximate surface area is 174 Å². The first kappa shape index (κ1) is 22.2.